The molecule has 17 heavy (non-hydrogen) atoms. The van der Waals surface area contributed by atoms with Gasteiger partial charge >= 0.3 is 0 Å². The summed E-state index contributed by atoms with van der Waals surface area (Å²) in [6.45, 7) is 0.877. The molecule has 1 aromatic heterocycles. The summed E-state index contributed by atoms with van der Waals surface area (Å²) in [4.78, 5) is 11.9. The van der Waals surface area contributed by atoms with E-state index in [1.54, 1.807) is 11.8 Å². The zero-order chi connectivity index (χ0) is 12.3. The van der Waals surface area contributed by atoms with Crippen molar-refractivity contribution in [2.24, 2.45) is 0 Å². The van der Waals surface area contributed by atoms with Gasteiger partial charge in [0.15, 0.2) is 5.78 Å². The molecule has 1 aromatic rings. The third-order valence-corrected chi connectivity index (χ3v) is 5.93. The minimum atomic E-state index is 0.182. The Balaban J connectivity index is 1.78. The Kier molecular flexibility index (Phi) is 5.54. The summed E-state index contributed by atoms with van der Waals surface area (Å²) < 4.78 is 7.41. The number of rotatable bonds is 5. The molecule has 0 saturated carbocycles. The van der Waals surface area contributed by atoms with Gasteiger partial charge in [0, 0.05) is 17.9 Å². The molecule has 0 bridgehead atoms. The maximum atomic E-state index is 11.9. The highest BCUT2D eigenvalue weighted by molar-refractivity contribution is 9.12. The molecule has 1 aliphatic heterocycles. The second-order valence-electron chi connectivity index (χ2n) is 3.81. The van der Waals surface area contributed by atoms with Crippen LogP contribution in [0.2, 0.25) is 0 Å². The number of thioether (sulfide) groups is 1. The summed E-state index contributed by atoms with van der Waals surface area (Å²) in [7, 11) is 0. The Labute approximate surface area is 126 Å². The Morgan fingerprint density at radius 2 is 2.41 bits per heavy atom. The normalized spacial score (nSPS) is 19.8. The Morgan fingerprint density at radius 3 is 3.00 bits per heavy atom. The molecule has 94 valence electrons. The first-order chi connectivity index (χ1) is 8.16. The number of hydrogen-bond donors (Lipinski definition) is 0. The number of carbonyl (C=O) groups excluding carboxylic acids is 1. The zero-order valence-electron chi connectivity index (χ0n) is 9.08. The maximum Gasteiger partial charge on any atom is 0.174 e. The lowest BCUT2D eigenvalue weighted by Gasteiger charge is -2.07. The topological polar surface area (TPSA) is 26.3 Å². The van der Waals surface area contributed by atoms with Crippen LogP contribution >= 0.6 is 55.0 Å². The van der Waals surface area contributed by atoms with Gasteiger partial charge in [-0.15, -0.1) is 11.3 Å². The first kappa shape index (κ1) is 14.1. The molecule has 2 rings (SSSR count). The first-order valence-electron chi connectivity index (χ1n) is 5.34. The Morgan fingerprint density at radius 1 is 1.59 bits per heavy atom. The highest BCUT2D eigenvalue weighted by atomic mass is 79.9. The van der Waals surface area contributed by atoms with E-state index in [1.807, 2.05) is 6.07 Å². The molecule has 1 fully saturated rings. The molecular formula is C11H12Br2O2S2. The van der Waals surface area contributed by atoms with Gasteiger partial charge in [0.05, 0.1) is 19.4 Å². The van der Waals surface area contributed by atoms with Gasteiger partial charge < -0.3 is 4.74 Å². The first-order valence-corrected chi connectivity index (χ1v) is 8.90. The fourth-order valence-electron chi connectivity index (χ4n) is 1.67. The lowest BCUT2D eigenvalue weighted by atomic mass is 10.2. The molecule has 0 N–H and O–H groups in total. The van der Waals surface area contributed by atoms with Gasteiger partial charge in [-0.3, -0.25) is 4.79 Å². The minimum absolute atomic E-state index is 0.182. The largest absolute Gasteiger partial charge is 0.377 e. The summed E-state index contributed by atoms with van der Waals surface area (Å²) in [6.07, 6.45) is 2.64. The quantitative estimate of drug-likeness (QED) is 0.687. The van der Waals surface area contributed by atoms with Crippen LogP contribution in [0.3, 0.4) is 0 Å². The molecule has 1 unspecified atom stereocenters. The van der Waals surface area contributed by atoms with Crippen LogP contribution in [0.1, 0.15) is 23.2 Å². The molecule has 0 spiro atoms. The lowest BCUT2D eigenvalue weighted by Crippen LogP contribution is -2.11. The van der Waals surface area contributed by atoms with Crippen molar-refractivity contribution in [3.8, 4) is 0 Å². The van der Waals surface area contributed by atoms with Crippen LogP contribution in [0.25, 0.3) is 0 Å². The second-order valence-corrected chi connectivity index (χ2v) is 8.59. The molecule has 2 heterocycles. The lowest BCUT2D eigenvalue weighted by molar-refractivity contribution is 0.102. The second kappa shape index (κ2) is 6.70. The molecular weight excluding hydrogens is 388 g/mol. The number of ketones is 1. The minimum Gasteiger partial charge on any atom is -0.377 e. The Hall–Kier alpha value is 0.640. The third kappa shape index (κ3) is 4.06. The molecule has 1 saturated heterocycles. The molecule has 6 heteroatoms. The monoisotopic (exact) mass is 398 g/mol. The molecule has 1 atom stereocenters. The SMILES string of the molecule is O=C(CSCC1CCCO1)c1cc(Br)sc1Br. The van der Waals surface area contributed by atoms with Crippen molar-refractivity contribution >= 4 is 60.7 Å². The van der Waals surface area contributed by atoms with Crippen LogP contribution in [-0.4, -0.2) is 30.0 Å². The maximum absolute atomic E-state index is 11.9. The molecule has 0 radical (unpaired) electrons. The van der Waals surface area contributed by atoms with Crippen LogP contribution in [0, 0.1) is 0 Å². The van der Waals surface area contributed by atoms with Crippen LogP contribution < -0.4 is 0 Å². The van der Waals surface area contributed by atoms with E-state index < -0.39 is 0 Å². The summed E-state index contributed by atoms with van der Waals surface area (Å²) >= 11 is 9.99. The molecule has 0 amide bonds. The van der Waals surface area contributed by atoms with Crippen LogP contribution in [-0.2, 0) is 4.74 Å². The molecule has 0 aliphatic carbocycles. The van der Waals surface area contributed by atoms with E-state index in [4.69, 9.17) is 4.74 Å². The smallest absolute Gasteiger partial charge is 0.174 e. The summed E-state index contributed by atoms with van der Waals surface area (Å²) in [5, 5.41) is 0. The van der Waals surface area contributed by atoms with Crippen molar-refractivity contribution < 1.29 is 9.53 Å². The fraction of sp³-hybridized carbons (Fsp3) is 0.545. The third-order valence-electron chi connectivity index (χ3n) is 2.52. The van der Waals surface area contributed by atoms with Crippen molar-refractivity contribution in [1.29, 1.82) is 0 Å². The Bertz CT molecular complexity index is 400. The van der Waals surface area contributed by atoms with Crippen molar-refractivity contribution in [2.75, 3.05) is 18.1 Å². The van der Waals surface area contributed by atoms with Gasteiger partial charge in [0.2, 0.25) is 0 Å². The van der Waals surface area contributed by atoms with Crippen molar-refractivity contribution in [2.45, 2.75) is 18.9 Å². The van der Waals surface area contributed by atoms with Crippen molar-refractivity contribution in [3.63, 3.8) is 0 Å². The van der Waals surface area contributed by atoms with E-state index in [-0.39, 0.29) is 5.78 Å². The molecule has 2 nitrogen and oxygen atoms in total. The van der Waals surface area contributed by atoms with Crippen LogP contribution in [0.15, 0.2) is 13.6 Å². The average molecular weight is 400 g/mol. The van der Waals surface area contributed by atoms with Gasteiger partial charge in [-0.05, 0) is 50.8 Å². The van der Waals surface area contributed by atoms with Crippen LogP contribution in [0.5, 0.6) is 0 Å². The number of ether oxygens (including phenoxy) is 1. The number of hydrogen-bond acceptors (Lipinski definition) is 4. The zero-order valence-corrected chi connectivity index (χ0v) is 13.9. The van der Waals surface area contributed by atoms with Crippen molar-refractivity contribution in [1.82, 2.24) is 0 Å². The predicted octanol–water partition coefficient (Wildman–Crippen LogP) is 4.37. The number of Topliss-reactive ketones (excluding diaryl/α,β-unsaturated/α-hetero) is 1. The van der Waals surface area contributed by atoms with Gasteiger partial charge in [-0.1, -0.05) is 0 Å². The molecule has 1 aliphatic rings. The van der Waals surface area contributed by atoms with Gasteiger partial charge in [-0.25, -0.2) is 0 Å². The molecule has 0 aromatic carbocycles. The average Bonchev–Trinajstić information content (AvgIpc) is 2.88. The number of halogens is 2. The highest BCUT2D eigenvalue weighted by Gasteiger charge is 2.17. The van der Waals surface area contributed by atoms with E-state index in [0.717, 1.165) is 38.3 Å². The fourth-order valence-corrected chi connectivity index (χ4v) is 5.51. The van der Waals surface area contributed by atoms with E-state index in [1.165, 1.54) is 11.3 Å². The van der Waals surface area contributed by atoms with Gasteiger partial charge in [-0.2, -0.15) is 11.8 Å². The standard InChI is InChI=1S/C11H12Br2O2S2/c12-10-4-8(11(13)17-10)9(14)6-16-5-7-2-1-3-15-7/h4,7H,1-3,5-6H2. The van der Waals surface area contributed by atoms with Crippen LogP contribution in [0.4, 0.5) is 0 Å². The number of thiophene rings is 1. The summed E-state index contributed by atoms with van der Waals surface area (Å²) in [5.74, 6) is 1.64. The predicted molar refractivity (Wildman–Crippen MR) is 80.3 cm³/mol. The summed E-state index contributed by atoms with van der Waals surface area (Å²) in [6, 6.07) is 1.88. The van der Waals surface area contributed by atoms with E-state index in [2.05, 4.69) is 31.9 Å². The number of carbonyl (C=O) groups is 1. The highest BCUT2D eigenvalue weighted by Crippen LogP contribution is 2.32. The van der Waals surface area contributed by atoms with E-state index >= 15 is 0 Å². The van der Waals surface area contributed by atoms with Gasteiger partial charge in [0.1, 0.15) is 0 Å². The van der Waals surface area contributed by atoms with Gasteiger partial charge in [0.25, 0.3) is 0 Å². The van der Waals surface area contributed by atoms with E-state index in [0.29, 0.717) is 11.9 Å². The summed E-state index contributed by atoms with van der Waals surface area (Å²) in [5.41, 5.74) is 0.779. The van der Waals surface area contributed by atoms with E-state index in [9.17, 15) is 4.79 Å². The van der Waals surface area contributed by atoms with Crippen molar-refractivity contribution in [3.05, 3.63) is 19.2 Å².